The van der Waals surface area contributed by atoms with Crippen LogP contribution in [0.25, 0.3) is 10.9 Å². The lowest BCUT2D eigenvalue weighted by atomic mass is 9.79. The van der Waals surface area contributed by atoms with Gasteiger partial charge in [0.05, 0.1) is 12.7 Å². The van der Waals surface area contributed by atoms with Crippen molar-refractivity contribution in [3.8, 4) is 0 Å². The molecule has 0 radical (unpaired) electrons. The number of ether oxygens (including phenoxy) is 1. The Morgan fingerprint density at radius 3 is 2.00 bits per heavy atom. The fourth-order valence-electron chi connectivity index (χ4n) is 7.19. The number of piperidine rings is 2. The van der Waals surface area contributed by atoms with Crippen molar-refractivity contribution in [1.29, 1.82) is 0 Å². The maximum atomic E-state index is 12.8. The van der Waals surface area contributed by atoms with Crippen molar-refractivity contribution < 1.29 is 14.3 Å². The zero-order valence-electron chi connectivity index (χ0n) is 20.7. The molecule has 1 aromatic carbocycles. The number of Topliss-reactive ketones (excluding diaryl/α,β-unsaturated/α-hetero) is 1. The van der Waals surface area contributed by atoms with E-state index in [0.717, 1.165) is 29.8 Å². The molecule has 3 aliphatic rings. The number of para-hydroxylation sites is 1. The van der Waals surface area contributed by atoms with Crippen LogP contribution < -0.4 is 0 Å². The Hall–Kier alpha value is -2.14. The van der Waals surface area contributed by atoms with Gasteiger partial charge in [-0.1, -0.05) is 69.6 Å². The smallest absolute Gasteiger partial charge is 0.379 e. The van der Waals surface area contributed by atoms with Crippen LogP contribution in [0.5, 0.6) is 0 Å². The summed E-state index contributed by atoms with van der Waals surface area (Å²) in [5, 5.41) is 0.859. The lowest BCUT2D eigenvalue weighted by Gasteiger charge is -2.53. The predicted octanol–water partition coefficient (Wildman–Crippen LogP) is 6.45. The fraction of sp³-hybridized carbons (Fsp3) is 0.655. The van der Waals surface area contributed by atoms with Crippen LogP contribution in [0, 0.1) is 0 Å². The minimum atomic E-state index is -0.786. The molecule has 5 heteroatoms. The topological polar surface area (TPSA) is 51.5 Å². The highest BCUT2D eigenvalue weighted by molar-refractivity contribution is 6.43. The molecule has 34 heavy (non-hydrogen) atoms. The number of hydrogen-bond donors (Lipinski definition) is 0. The minimum absolute atomic E-state index is 0.371. The van der Waals surface area contributed by atoms with Gasteiger partial charge in [0.15, 0.2) is 0 Å². The zero-order valence-corrected chi connectivity index (χ0v) is 20.7. The zero-order chi connectivity index (χ0) is 23.5. The molecule has 1 aromatic heterocycles. The van der Waals surface area contributed by atoms with Gasteiger partial charge in [0, 0.05) is 41.3 Å². The molecule has 0 N–H and O–H groups in total. The molecule has 2 aromatic rings. The molecule has 3 fully saturated rings. The summed E-state index contributed by atoms with van der Waals surface area (Å²) in [5.74, 6) is -1.33. The monoisotopic (exact) mass is 464 g/mol. The van der Waals surface area contributed by atoms with Gasteiger partial charge in [-0.2, -0.15) is 0 Å². The van der Waals surface area contributed by atoms with Crippen LogP contribution in [-0.4, -0.2) is 46.5 Å². The molecule has 2 aliphatic heterocycles. The number of carbonyl (C=O) groups is 2. The van der Waals surface area contributed by atoms with Crippen LogP contribution in [0.4, 0.5) is 0 Å². The molecule has 2 bridgehead atoms. The van der Waals surface area contributed by atoms with E-state index in [1.54, 1.807) is 0 Å². The Kier molecular flexibility index (Phi) is 7.38. The van der Waals surface area contributed by atoms with Gasteiger partial charge < -0.3 is 9.30 Å². The average Bonchev–Trinajstić information content (AvgIpc) is 3.25. The van der Waals surface area contributed by atoms with E-state index < -0.39 is 11.8 Å². The van der Waals surface area contributed by atoms with Gasteiger partial charge in [0.2, 0.25) is 0 Å². The number of benzene rings is 1. The first kappa shape index (κ1) is 23.6. The number of nitrogens with zero attached hydrogens (tertiary/aromatic N) is 2. The molecule has 5 rings (SSSR count). The minimum Gasteiger partial charge on any atom is -0.463 e. The van der Waals surface area contributed by atoms with Crippen LogP contribution in [0.15, 0.2) is 30.5 Å². The summed E-state index contributed by atoms with van der Waals surface area (Å²) in [7, 11) is 1.27. The first-order valence-electron chi connectivity index (χ1n) is 13.7. The van der Waals surface area contributed by atoms with Gasteiger partial charge in [0.1, 0.15) is 0 Å². The van der Waals surface area contributed by atoms with Crippen molar-refractivity contribution in [3.05, 3.63) is 36.0 Å². The highest BCUT2D eigenvalue weighted by atomic mass is 16.5. The summed E-state index contributed by atoms with van der Waals surface area (Å²) in [4.78, 5) is 27.7. The van der Waals surface area contributed by atoms with Crippen molar-refractivity contribution in [2.75, 3.05) is 7.11 Å². The Labute approximate surface area is 203 Å². The standard InChI is InChI=1S/C29H40N2O3/c1-34-29(33)28(32)26-20-30(27-17-10-9-16-25(26)27)24-18-22-14-11-15-23(19-24)31(22)21-12-7-5-3-2-4-6-8-13-21/h9-10,16-17,20-24H,2-8,11-15,18-19H2,1H3/t22-,23+,24-. The van der Waals surface area contributed by atoms with E-state index in [1.807, 2.05) is 24.4 Å². The van der Waals surface area contributed by atoms with Gasteiger partial charge >= 0.3 is 5.97 Å². The van der Waals surface area contributed by atoms with E-state index in [9.17, 15) is 9.59 Å². The summed E-state index contributed by atoms with van der Waals surface area (Å²) in [6, 6.07) is 10.4. The fourth-order valence-corrected chi connectivity index (χ4v) is 7.19. The second-order valence-corrected chi connectivity index (χ2v) is 10.8. The van der Waals surface area contributed by atoms with Crippen LogP contribution in [0.2, 0.25) is 0 Å². The lowest BCUT2D eigenvalue weighted by Crippen LogP contribution is -2.56. The van der Waals surface area contributed by atoms with E-state index >= 15 is 0 Å². The van der Waals surface area contributed by atoms with Crippen LogP contribution in [-0.2, 0) is 9.53 Å². The summed E-state index contributed by atoms with van der Waals surface area (Å²) < 4.78 is 7.05. The predicted molar refractivity (Wildman–Crippen MR) is 135 cm³/mol. The number of fused-ring (bicyclic) bond motifs is 3. The summed E-state index contributed by atoms with van der Waals surface area (Å²) >= 11 is 0. The molecular formula is C29H40N2O3. The molecule has 3 atom stereocenters. The summed E-state index contributed by atoms with van der Waals surface area (Å²) in [6.45, 7) is 0. The van der Waals surface area contributed by atoms with Gasteiger partial charge in [-0.15, -0.1) is 0 Å². The van der Waals surface area contributed by atoms with E-state index in [2.05, 4.69) is 15.5 Å². The molecule has 3 heterocycles. The number of ketones is 1. The second kappa shape index (κ2) is 10.6. The third kappa shape index (κ3) is 4.68. The molecule has 2 saturated heterocycles. The van der Waals surface area contributed by atoms with Crippen molar-refractivity contribution >= 4 is 22.7 Å². The molecule has 184 valence electrons. The Morgan fingerprint density at radius 2 is 1.35 bits per heavy atom. The van der Waals surface area contributed by atoms with E-state index in [4.69, 9.17) is 4.74 Å². The normalized spacial score (nSPS) is 27.4. The van der Waals surface area contributed by atoms with Gasteiger partial charge in [-0.05, 0) is 44.6 Å². The Morgan fingerprint density at radius 1 is 0.765 bits per heavy atom. The number of esters is 1. The summed E-state index contributed by atoms with van der Waals surface area (Å²) in [6.07, 6.45) is 20.6. The molecule has 0 spiro atoms. The number of carbonyl (C=O) groups excluding carboxylic acids is 2. The average molecular weight is 465 g/mol. The highest BCUT2D eigenvalue weighted by Gasteiger charge is 2.42. The van der Waals surface area contributed by atoms with E-state index in [-0.39, 0.29) is 0 Å². The molecular weight excluding hydrogens is 424 g/mol. The van der Waals surface area contributed by atoms with Crippen LogP contribution in [0.1, 0.15) is 106 Å². The lowest BCUT2D eigenvalue weighted by molar-refractivity contribution is -0.135. The van der Waals surface area contributed by atoms with Crippen molar-refractivity contribution in [1.82, 2.24) is 9.47 Å². The number of aromatic nitrogens is 1. The first-order chi connectivity index (χ1) is 16.7. The van der Waals surface area contributed by atoms with E-state index in [1.165, 1.54) is 84.2 Å². The molecule has 0 amide bonds. The highest BCUT2D eigenvalue weighted by Crippen LogP contribution is 2.43. The maximum Gasteiger partial charge on any atom is 0.379 e. The Bertz CT molecular complexity index is 988. The van der Waals surface area contributed by atoms with Crippen molar-refractivity contribution in [3.63, 3.8) is 0 Å². The number of rotatable bonds is 4. The van der Waals surface area contributed by atoms with Crippen molar-refractivity contribution in [2.45, 2.75) is 114 Å². The summed E-state index contributed by atoms with van der Waals surface area (Å²) in [5.41, 5.74) is 1.53. The number of methoxy groups -OCH3 is 1. The maximum absolute atomic E-state index is 12.8. The van der Waals surface area contributed by atoms with Crippen LogP contribution >= 0.6 is 0 Å². The molecule has 0 unspecified atom stereocenters. The SMILES string of the molecule is COC(=O)C(=O)c1cn([C@@H]2C[C@H]3CCC[C@@H](C2)N3C2CCCCCCCCC2)c2ccccc12. The Balaban J connectivity index is 1.40. The van der Waals surface area contributed by atoms with Gasteiger partial charge in [0.25, 0.3) is 5.78 Å². The third-order valence-electron chi connectivity index (χ3n) is 8.75. The quantitative estimate of drug-likeness (QED) is 0.296. The van der Waals surface area contributed by atoms with E-state index in [0.29, 0.717) is 23.7 Å². The third-order valence-corrected chi connectivity index (χ3v) is 8.75. The van der Waals surface area contributed by atoms with Crippen molar-refractivity contribution in [2.24, 2.45) is 0 Å². The largest absolute Gasteiger partial charge is 0.463 e. The second-order valence-electron chi connectivity index (χ2n) is 10.8. The molecule has 5 nitrogen and oxygen atoms in total. The number of hydrogen-bond acceptors (Lipinski definition) is 4. The first-order valence-corrected chi connectivity index (χ1v) is 13.7. The van der Waals surface area contributed by atoms with Gasteiger partial charge in [-0.25, -0.2) is 4.79 Å². The van der Waals surface area contributed by atoms with Crippen LogP contribution in [0.3, 0.4) is 0 Å². The van der Waals surface area contributed by atoms with Gasteiger partial charge in [-0.3, -0.25) is 9.69 Å². The molecule has 1 aliphatic carbocycles. The molecule has 1 saturated carbocycles.